The van der Waals surface area contributed by atoms with Crippen LogP contribution in [0.1, 0.15) is 31.9 Å². The molecule has 0 aliphatic heterocycles. The van der Waals surface area contributed by atoms with Crippen molar-refractivity contribution in [2.24, 2.45) is 0 Å². The van der Waals surface area contributed by atoms with Gasteiger partial charge in [0, 0.05) is 10.6 Å². The molecule has 2 heterocycles. The van der Waals surface area contributed by atoms with E-state index >= 15 is 0 Å². The first-order chi connectivity index (χ1) is 15.0. The molecule has 0 aliphatic rings. The van der Waals surface area contributed by atoms with Crippen LogP contribution in [-0.4, -0.2) is 20.7 Å². The molecule has 4 rings (SSSR count). The van der Waals surface area contributed by atoms with E-state index in [2.05, 4.69) is 21.5 Å². The number of thiophene rings is 1. The summed E-state index contributed by atoms with van der Waals surface area (Å²) < 4.78 is 7.55. The molecule has 2 aromatic heterocycles. The van der Waals surface area contributed by atoms with Crippen LogP contribution in [0.25, 0.3) is 0 Å². The second-order valence-electron chi connectivity index (χ2n) is 7.23. The summed E-state index contributed by atoms with van der Waals surface area (Å²) in [5.41, 5.74) is 4.20. The first-order valence-corrected chi connectivity index (χ1v) is 10.9. The van der Waals surface area contributed by atoms with Crippen molar-refractivity contribution in [2.75, 3.05) is 5.32 Å². The summed E-state index contributed by atoms with van der Waals surface area (Å²) in [6, 6.07) is 15.5. The van der Waals surface area contributed by atoms with Gasteiger partial charge in [0.2, 0.25) is 5.95 Å². The molecule has 0 atom stereocenters. The number of hydrogen-bond acceptors (Lipinski definition) is 5. The number of anilines is 1. The Labute approximate surface area is 189 Å². The normalized spacial score (nSPS) is 10.8. The van der Waals surface area contributed by atoms with Crippen LogP contribution in [0.4, 0.5) is 5.95 Å². The summed E-state index contributed by atoms with van der Waals surface area (Å²) in [4.78, 5) is 17.3. The number of amides is 1. The highest BCUT2D eigenvalue weighted by atomic mass is 35.5. The Morgan fingerprint density at radius 3 is 2.84 bits per heavy atom. The van der Waals surface area contributed by atoms with Crippen LogP contribution in [0.5, 0.6) is 5.75 Å². The van der Waals surface area contributed by atoms with Crippen LogP contribution < -0.4 is 10.1 Å². The van der Waals surface area contributed by atoms with Crippen molar-refractivity contribution < 1.29 is 9.53 Å². The molecule has 6 nitrogen and oxygen atoms in total. The lowest BCUT2D eigenvalue weighted by Crippen LogP contribution is -2.12. The number of ether oxygens (including phenoxy) is 1. The molecule has 2 aromatic carbocycles. The summed E-state index contributed by atoms with van der Waals surface area (Å²) >= 11 is 7.33. The van der Waals surface area contributed by atoms with Gasteiger partial charge in [-0.15, -0.1) is 16.4 Å². The third-order valence-electron chi connectivity index (χ3n) is 4.60. The zero-order valence-corrected chi connectivity index (χ0v) is 18.7. The highest BCUT2D eigenvalue weighted by molar-refractivity contribution is 7.12. The van der Waals surface area contributed by atoms with Crippen molar-refractivity contribution >= 4 is 34.8 Å². The van der Waals surface area contributed by atoms with E-state index in [1.165, 1.54) is 16.9 Å². The lowest BCUT2D eigenvalue weighted by Gasteiger charge is -2.08. The molecule has 0 spiro atoms. The Morgan fingerprint density at radius 2 is 2.03 bits per heavy atom. The Hall–Kier alpha value is -3.16. The molecule has 0 radical (unpaired) electrons. The molecule has 0 fully saturated rings. The minimum Gasteiger partial charge on any atom is -0.489 e. The monoisotopic (exact) mass is 452 g/mol. The van der Waals surface area contributed by atoms with Crippen molar-refractivity contribution in [1.29, 1.82) is 0 Å². The van der Waals surface area contributed by atoms with E-state index < -0.39 is 0 Å². The number of carbonyl (C=O) groups excluding carboxylic acids is 1. The topological polar surface area (TPSA) is 69.0 Å². The molecule has 0 unspecified atom stereocenters. The highest BCUT2D eigenvalue weighted by Gasteiger charge is 2.13. The largest absolute Gasteiger partial charge is 0.489 e. The van der Waals surface area contributed by atoms with E-state index in [0.29, 0.717) is 23.1 Å². The van der Waals surface area contributed by atoms with Crippen LogP contribution in [0.3, 0.4) is 0 Å². The number of rotatable bonds is 7. The minimum atomic E-state index is -0.243. The molecule has 4 aromatic rings. The van der Waals surface area contributed by atoms with Gasteiger partial charge in [0.25, 0.3) is 5.91 Å². The van der Waals surface area contributed by atoms with Crippen LogP contribution in [0.2, 0.25) is 5.02 Å². The maximum absolute atomic E-state index is 12.6. The van der Waals surface area contributed by atoms with Gasteiger partial charge >= 0.3 is 0 Å². The Bertz CT molecular complexity index is 1220. The maximum atomic E-state index is 12.6. The quantitative estimate of drug-likeness (QED) is 0.402. The Morgan fingerprint density at radius 1 is 1.16 bits per heavy atom. The van der Waals surface area contributed by atoms with Crippen molar-refractivity contribution in [3.05, 3.63) is 92.4 Å². The smallest absolute Gasteiger partial charge is 0.268 e. The zero-order valence-electron chi connectivity index (χ0n) is 17.1. The number of halogens is 1. The third-order valence-corrected chi connectivity index (χ3v) is 5.81. The van der Waals surface area contributed by atoms with E-state index in [1.54, 1.807) is 17.1 Å². The van der Waals surface area contributed by atoms with Gasteiger partial charge in [-0.1, -0.05) is 41.4 Å². The van der Waals surface area contributed by atoms with Gasteiger partial charge < -0.3 is 4.74 Å². The molecular weight excluding hydrogens is 432 g/mol. The molecule has 158 valence electrons. The maximum Gasteiger partial charge on any atom is 0.268 e. The molecule has 0 saturated heterocycles. The number of aryl methyl sites for hydroxylation is 2. The van der Waals surface area contributed by atoms with E-state index in [4.69, 9.17) is 16.3 Å². The first kappa shape index (κ1) is 21.1. The fraction of sp³-hybridized carbons (Fsp3) is 0.174. The number of aromatic nitrogens is 3. The second-order valence-corrected chi connectivity index (χ2v) is 8.57. The van der Waals surface area contributed by atoms with E-state index in [9.17, 15) is 4.79 Å². The molecule has 1 amide bonds. The van der Waals surface area contributed by atoms with Crippen molar-refractivity contribution in [3.63, 3.8) is 0 Å². The predicted molar refractivity (Wildman–Crippen MR) is 123 cm³/mol. The van der Waals surface area contributed by atoms with Gasteiger partial charge in [-0.3, -0.25) is 10.1 Å². The number of benzene rings is 2. The highest BCUT2D eigenvalue weighted by Crippen LogP contribution is 2.24. The predicted octanol–water partition coefficient (Wildman–Crippen LogP) is 5.49. The Kier molecular flexibility index (Phi) is 6.34. The molecular formula is C23H21ClN4O2S. The molecule has 1 N–H and O–H groups in total. The fourth-order valence-corrected chi connectivity index (χ4v) is 4.11. The molecule has 8 heteroatoms. The van der Waals surface area contributed by atoms with Gasteiger partial charge in [0.1, 0.15) is 18.7 Å². The third kappa shape index (κ3) is 5.51. The summed E-state index contributed by atoms with van der Waals surface area (Å²) in [6.07, 6.45) is 1.61. The van der Waals surface area contributed by atoms with Crippen LogP contribution >= 0.6 is 22.9 Å². The summed E-state index contributed by atoms with van der Waals surface area (Å²) in [7, 11) is 0. The van der Waals surface area contributed by atoms with Gasteiger partial charge in [-0.25, -0.2) is 9.67 Å². The lowest BCUT2D eigenvalue weighted by molar-refractivity contribution is 0.102. The average molecular weight is 453 g/mol. The van der Waals surface area contributed by atoms with Gasteiger partial charge in [-0.05, 0) is 54.6 Å². The second kappa shape index (κ2) is 9.32. The lowest BCUT2D eigenvalue weighted by atomic mass is 10.1. The molecule has 0 aliphatic carbocycles. The summed E-state index contributed by atoms with van der Waals surface area (Å²) in [5, 5.41) is 9.68. The number of nitrogens with one attached hydrogen (secondary N) is 1. The van der Waals surface area contributed by atoms with Gasteiger partial charge in [0.15, 0.2) is 0 Å². The SMILES string of the molecule is Cc1cccc(Cn2cnc(NC(=O)c3cc(COc4ccc(Cl)cc4C)cs3)n2)c1. The fourth-order valence-electron chi connectivity index (χ4n) is 3.09. The van der Waals surface area contributed by atoms with E-state index in [0.717, 1.165) is 22.4 Å². The number of carbonyl (C=O) groups is 1. The van der Waals surface area contributed by atoms with Crippen molar-refractivity contribution in [3.8, 4) is 5.75 Å². The number of hydrogen-bond donors (Lipinski definition) is 1. The molecule has 31 heavy (non-hydrogen) atoms. The number of nitrogens with zero attached hydrogens (tertiary/aromatic N) is 3. The standard InChI is InChI=1S/C23H21ClN4O2S/c1-15-4-3-5-17(8-15)11-28-14-25-23(27-28)26-22(29)21-10-18(13-31-21)12-30-20-7-6-19(24)9-16(20)2/h3-10,13-14H,11-12H2,1-2H3,(H,26,27,29). The zero-order chi connectivity index (χ0) is 21.8. The summed E-state index contributed by atoms with van der Waals surface area (Å²) in [6.45, 7) is 4.96. The first-order valence-electron chi connectivity index (χ1n) is 9.69. The minimum absolute atomic E-state index is 0.243. The van der Waals surface area contributed by atoms with Crippen LogP contribution in [0, 0.1) is 13.8 Å². The van der Waals surface area contributed by atoms with E-state index in [-0.39, 0.29) is 11.9 Å². The van der Waals surface area contributed by atoms with Crippen molar-refractivity contribution in [2.45, 2.75) is 27.0 Å². The van der Waals surface area contributed by atoms with Crippen LogP contribution in [-0.2, 0) is 13.2 Å². The van der Waals surface area contributed by atoms with E-state index in [1.807, 2.05) is 55.6 Å². The van der Waals surface area contributed by atoms with Crippen molar-refractivity contribution in [1.82, 2.24) is 14.8 Å². The molecule has 0 saturated carbocycles. The van der Waals surface area contributed by atoms with Gasteiger partial charge in [0.05, 0.1) is 11.4 Å². The molecule has 0 bridgehead atoms. The van der Waals surface area contributed by atoms with Gasteiger partial charge in [-0.2, -0.15) is 0 Å². The Balaban J connectivity index is 1.34. The average Bonchev–Trinajstić information content (AvgIpc) is 3.37. The summed E-state index contributed by atoms with van der Waals surface area (Å²) in [5.74, 6) is 0.804. The van der Waals surface area contributed by atoms with Crippen LogP contribution in [0.15, 0.2) is 60.2 Å².